The molecule has 0 spiro atoms. The van der Waals surface area contributed by atoms with Crippen LogP contribution in [0.5, 0.6) is 0 Å². The first-order valence-corrected chi connectivity index (χ1v) is 33.5. The Hall–Kier alpha value is -3.59. The highest BCUT2D eigenvalue weighted by molar-refractivity contribution is 7.47. The highest BCUT2D eigenvalue weighted by Gasteiger charge is 2.26. The summed E-state index contributed by atoms with van der Waals surface area (Å²) in [5.74, 6) is -0.855. The zero-order valence-corrected chi connectivity index (χ0v) is 51.5. The van der Waals surface area contributed by atoms with Gasteiger partial charge < -0.3 is 20.1 Å². The first kappa shape index (κ1) is 75.4. The molecule has 2 atom stereocenters. The molecular formula is C69H118NO8P. The molecule has 0 aliphatic heterocycles. The van der Waals surface area contributed by atoms with E-state index in [1.165, 1.54) is 128 Å². The van der Waals surface area contributed by atoms with Crippen LogP contribution in [0.2, 0.25) is 0 Å². The predicted octanol–water partition coefficient (Wildman–Crippen LogP) is 20.7. The maximum Gasteiger partial charge on any atom is 0.472 e. The monoisotopic (exact) mass is 1120 g/mol. The zero-order valence-electron chi connectivity index (χ0n) is 50.6. The SMILES string of the molecule is CC/C=C\C/C=C\C/C=C\C/C=C\C/C=C\C/C=C\CCCCCCC(=O)OC(COC(=O)CCCCCCCCCCCCCCCCCCCCCCCC/C=C\C/C=C\C/C=C\C/C=C\CC)COP(=O)(O)OCCN. The summed E-state index contributed by atoms with van der Waals surface area (Å²) in [6, 6.07) is 0. The molecule has 10 heteroatoms. The van der Waals surface area contributed by atoms with Crippen molar-refractivity contribution in [3.8, 4) is 0 Å². The van der Waals surface area contributed by atoms with Gasteiger partial charge in [-0.15, -0.1) is 0 Å². The molecule has 79 heavy (non-hydrogen) atoms. The van der Waals surface area contributed by atoms with Crippen molar-refractivity contribution in [2.24, 2.45) is 5.73 Å². The van der Waals surface area contributed by atoms with E-state index >= 15 is 0 Å². The van der Waals surface area contributed by atoms with Crippen LogP contribution in [0.1, 0.15) is 271 Å². The minimum atomic E-state index is -4.40. The summed E-state index contributed by atoms with van der Waals surface area (Å²) >= 11 is 0. The maximum absolute atomic E-state index is 12.7. The van der Waals surface area contributed by atoms with Crippen LogP contribution >= 0.6 is 7.82 Å². The van der Waals surface area contributed by atoms with Crippen molar-refractivity contribution >= 4 is 19.8 Å². The second kappa shape index (κ2) is 63.6. The van der Waals surface area contributed by atoms with Gasteiger partial charge in [0.15, 0.2) is 6.10 Å². The molecule has 0 saturated heterocycles. The van der Waals surface area contributed by atoms with Crippen molar-refractivity contribution < 1.29 is 37.6 Å². The van der Waals surface area contributed by atoms with Crippen molar-refractivity contribution in [3.63, 3.8) is 0 Å². The van der Waals surface area contributed by atoms with Gasteiger partial charge in [0.05, 0.1) is 13.2 Å². The molecule has 0 saturated carbocycles. The molecule has 452 valence electrons. The number of phosphoric acid groups is 1. The third-order valence-electron chi connectivity index (χ3n) is 13.3. The molecule has 0 bridgehead atoms. The average molecular weight is 1120 g/mol. The predicted molar refractivity (Wildman–Crippen MR) is 339 cm³/mol. The van der Waals surface area contributed by atoms with E-state index < -0.39 is 26.5 Å². The van der Waals surface area contributed by atoms with E-state index in [-0.39, 0.29) is 38.6 Å². The Morgan fingerprint density at radius 1 is 0.380 bits per heavy atom. The van der Waals surface area contributed by atoms with E-state index in [0.29, 0.717) is 6.42 Å². The molecule has 2 unspecified atom stereocenters. The van der Waals surface area contributed by atoms with E-state index in [1.54, 1.807) is 0 Å². The second-order valence-electron chi connectivity index (χ2n) is 20.9. The molecule has 0 rings (SSSR count). The fourth-order valence-electron chi connectivity index (χ4n) is 8.69. The standard InChI is InChI=1S/C69H118NO8P/c1-3-5-7-9-11-13-15-17-19-21-23-25-27-28-29-30-31-32-33-34-35-36-37-38-40-41-43-45-47-49-51-53-55-57-59-61-68(71)75-65-67(66-77-79(73,74)76-64-63-70)78-69(72)62-60-58-56-54-52-50-48-46-44-42-39-26-24-22-20-18-16-14-12-10-8-6-4-2/h5-8,11-14,17-20,23-26,42,44,48,50,67H,3-4,9-10,15-16,21-22,27-41,43,45-47,49,51-66,70H2,1-2H3,(H,73,74)/b7-5-,8-6-,13-11-,14-12-,19-17-,20-18-,25-23-,26-24-,44-42-,50-48-. The van der Waals surface area contributed by atoms with Gasteiger partial charge in [-0.1, -0.05) is 277 Å². The number of phosphoric ester groups is 1. The number of esters is 2. The number of ether oxygens (including phenoxy) is 2. The number of allylic oxidation sites excluding steroid dienone is 20. The Bertz CT molecular complexity index is 1710. The molecule has 9 nitrogen and oxygen atoms in total. The van der Waals surface area contributed by atoms with Gasteiger partial charge in [-0.05, 0) is 103 Å². The highest BCUT2D eigenvalue weighted by Crippen LogP contribution is 2.43. The number of nitrogens with two attached hydrogens (primary N) is 1. The quantitative estimate of drug-likeness (QED) is 0.0264. The van der Waals surface area contributed by atoms with Crippen molar-refractivity contribution in [2.75, 3.05) is 26.4 Å². The van der Waals surface area contributed by atoms with Crippen LogP contribution in [-0.2, 0) is 32.7 Å². The molecule has 0 radical (unpaired) electrons. The molecule has 3 N–H and O–H groups in total. The van der Waals surface area contributed by atoms with Gasteiger partial charge >= 0.3 is 19.8 Å². The summed E-state index contributed by atoms with van der Waals surface area (Å²) in [6.07, 6.45) is 88.5. The molecule has 0 fully saturated rings. The average Bonchev–Trinajstić information content (AvgIpc) is 3.44. The first-order chi connectivity index (χ1) is 38.8. The number of carbonyl (C=O) groups excluding carboxylic acids is 2. The minimum Gasteiger partial charge on any atom is -0.462 e. The van der Waals surface area contributed by atoms with E-state index in [2.05, 4.69) is 135 Å². The molecule has 0 aromatic carbocycles. The first-order valence-electron chi connectivity index (χ1n) is 32.0. The Labute approximate surface area is 485 Å². The molecule has 0 aromatic rings. The second-order valence-corrected chi connectivity index (χ2v) is 22.3. The Balaban J connectivity index is 3.91. The summed E-state index contributed by atoms with van der Waals surface area (Å²) in [5, 5.41) is 0. The topological polar surface area (TPSA) is 134 Å². The van der Waals surface area contributed by atoms with E-state index in [0.717, 1.165) is 109 Å². The van der Waals surface area contributed by atoms with Crippen LogP contribution in [0.3, 0.4) is 0 Å². The molecule has 0 aromatic heterocycles. The van der Waals surface area contributed by atoms with Gasteiger partial charge in [0.1, 0.15) is 6.61 Å². The fraction of sp³-hybridized carbons (Fsp3) is 0.681. The minimum absolute atomic E-state index is 0.0442. The number of carbonyl (C=O) groups is 2. The van der Waals surface area contributed by atoms with Gasteiger partial charge in [0.25, 0.3) is 0 Å². The lowest BCUT2D eigenvalue weighted by atomic mass is 10.0. The Kier molecular flexibility index (Phi) is 60.7. The van der Waals surface area contributed by atoms with Crippen LogP contribution in [0, 0.1) is 0 Å². The van der Waals surface area contributed by atoms with E-state index in [9.17, 15) is 19.0 Å². The summed E-state index contributed by atoms with van der Waals surface area (Å²) in [4.78, 5) is 35.3. The maximum atomic E-state index is 12.7. The molecule has 0 heterocycles. The van der Waals surface area contributed by atoms with Crippen LogP contribution in [0.4, 0.5) is 0 Å². The number of hydrogen-bond acceptors (Lipinski definition) is 8. The molecule has 0 amide bonds. The van der Waals surface area contributed by atoms with Crippen molar-refractivity contribution in [3.05, 3.63) is 122 Å². The summed E-state index contributed by atoms with van der Waals surface area (Å²) < 4.78 is 33.1. The van der Waals surface area contributed by atoms with Crippen molar-refractivity contribution in [1.29, 1.82) is 0 Å². The number of unbranched alkanes of at least 4 members (excludes halogenated alkanes) is 26. The smallest absolute Gasteiger partial charge is 0.462 e. The Morgan fingerprint density at radius 3 is 0.975 bits per heavy atom. The normalized spacial score (nSPS) is 13.8. The lowest BCUT2D eigenvalue weighted by Crippen LogP contribution is -2.29. The Morgan fingerprint density at radius 2 is 0.658 bits per heavy atom. The van der Waals surface area contributed by atoms with Crippen LogP contribution in [0.15, 0.2) is 122 Å². The lowest BCUT2D eigenvalue weighted by Gasteiger charge is -2.19. The third-order valence-corrected chi connectivity index (χ3v) is 14.3. The molecular weight excluding hydrogens is 1000 g/mol. The zero-order chi connectivity index (χ0) is 57.3. The summed E-state index contributed by atoms with van der Waals surface area (Å²) in [5.41, 5.74) is 5.39. The number of hydrogen-bond donors (Lipinski definition) is 2. The van der Waals surface area contributed by atoms with Crippen molar-refractivity contribution in [2.45, 2.75) is 277 Å². The van der Waals surface area contributed by atoms with Crippen molar-refractivity contribution in [1.82, 2.24) is 0 Å². The van der Waals surface area contributed by atoms with Crippen LogP contribution in [0.25, 0.3) is 0 Å². The molecule has 0 aliphatic carbocycles. The van der Waals surface area contributed by atoms with Gasteiger partial charge in [0, 0.05) is 19.4 Å². The fourth-order valence-corrected chi connectivity index (χ4v) is 9.46. The number of rotatable bonds is 59. The van der Waals surface area contributed by atoms with E-state index in [1.807, 2.05) is 0 Å². The van der Waals surface area contributed by atoms with Crippen LogP contribution in [-0.4, -0.2) is 49.3 Å². The molecule has 0 aliphatic rings. The van der Waals surface area contributed by atoms with E-state index in [4.69, 9.17) is 24.3 Å². The summed E-state index contributed by atoms with van der Waals surface area (Å²) in [6.45, 7) is 3.50. The van der Waals surface area contributed by atoms with Gasteiger partial charge in [-0.3, -0.25) is 18.6 Å². The van der Waals surface area contributed by atoms with Gasteiger partial charge in [-0.2, -0.15) is 0 Å². The summed E-state index contributed by atoms with van der Waals surface area (Å²) in [7, 11) is -4.40. The largest absolute Gasteiger partial charge is 0.472 e. The highest BCUT2D eigenvalue weighted by atomic mass is 31.2. The van der Waals surface area contributed by atoms with Gasteiger partial charge in [0.2, 0.25) is 0 Å². The third kappa shape index (κ3) is 63.5. The lowest BCUT2D eigenvalue weighted by molar-refractivity contribution is -0.161. The van der Waals surface area contributed by atoms with Crippen LogP contribution < -0.4 is 5.73 Å². The van der Waals surface area contributed by atoms with Gasteiger partial charge in [-0.25, -0.2) is 4.57 Å².